The standard InChI is InChI=1S/2C21H20N6O4S.Co/c2*1-13-15(3)31-21(22-13)26-32(29,30)18-11-9-16(10-12-18)23-24-19-14(2)25-27(20(19)28)17-7-5-4-6-8-17;/h2*4-12H,1-3H3,(H2,22,23,25,26,28);/q;;+2/p-2. The second-order valence-electron chi connectivity index (χ2n) is 13.9. The third-order valence-electron chi connectivity index (χ3n) is 9.30. The number of para-hydroxylation sites is 2. The molecule has 2 N–H and O–H groups in total. The maximum absolute atomic E-state index is 12.6. The van der Waals surface area contributed by atoms with E-state index >= 15 is 0 Å². The number of carbonyl (C=O) groups is 2. The van der Waals surface area contributed by atoms with E-state index in [1.54, 1.807) is 65.8 Å². The Labute approximate surface area is 383 Å². The fourth-order valence-electron chi connectivity index (χ4n) is 5.69. The van der Waals surface area contributed by atoms with E-state index in [0.29, 0.717) is 57.1 Å². The van der Waals surface area contributed by atoms with Crippen LogP contribution in [0.25, 0.3) is 10.9 Å². The number of sulfonamides is 2. The molecule has 4 aromatic carbocycles. The van der Waals surface area contributed by atoms with Crippen LogP contribution in [-0.4, -0.2) is 61.5 Å². The molecule has 0 aliphatic carbocycles. The number of hydrazone groups is 2. The average Bonchev–Trinajstić information content (AvgIpc) is 3.96. The second-order valence-corrected chi connectivity index (χ2v) is 17.3. The fourth-order valence-corrected chi connectivity index (χ4v) is 7.55. The molecule has 2 amide bonds. The predicted molar refractivity (Wildman–Crippen MR) is 241 cm³/mol. The third kappa shape index (κ3) is 10.8. The molecule has 0 unspecified atom stereocenters. The number of oxazole rings is 2. The molecule has 23 heteroatoms. The number of carbonyl (C=O) groups excluding carboxylic acids is 2. The summed E-state index contributed by atoms with van der Waals surface area (Å²) in [5.41, 5.74) is 12.4. The molecule has 4 heterocycles. The Morgan fingerprint density at radius 1 is 0.523 bits per heavy atom. The van der Waals surface area contributed by atoms with E-state index < -0.39 is 31.9 Å². The molecule has 2 aliphatic heterocycles. The molecule has 65 heavy (non-hydrogen) atoms. The van der Waals surface area contributed by atoms with Gasteiger partial charge in [0.1, 0.15) is 22.9 Å². The van der Waals surface area contributed by atoms with Crippen molar-refractivity contribution in [2.24, 2.45) is 20.4 Å². The molecule has 0 saturated carbocycles. The van der Waals surface area contributed by atoms with Crippen LogP contribution in [0.3, 0.4) is 0 Å². The number of amides is 2. The number of rotatable bonds is 12. The Bertz CT molecular complexity index is 2830. The van der Waals surface area contributed by atoms with E-state index in [4.69, 9.17) is 8.83 Å². The summed E-state index contributed by atoms with van der Waals surface area (Å²) in [4.78, 5) is 33.3. The molecule has 335 valence electrons. The van der Waals surface area contributed by atoms with E-state index in [0.717, 1.165) is 0 Å². The van der Waals surface area contributed by atoms with Gasteiger partial charge < -0.3 is 29.9 Å². The van der Waals surface area contributed by atoms with E-state index in [2.05, 4.69) is 50.7 Å². The molecule has 20 nitrogen and oxygen atoms in total. The van der Waals surface area contributed by atoms with Gasteiger partial charge in [0.25, 0.3) is 31.9 Å². The van der Waals surface area contributed by atoms with Crippen LogP contribution in [-0.2, 0) is 46.4 Å². The minimum atomic E-state index is -3.88. The van der Waals surface area contributed by atoms with Crippen molar-refractivity contribution in [1.82, 2.24) is 9.97 Å². The molecule has 2 aliphatic rings. The normalized spacial score (nSPS) is 15.0. The molecule has 2 aromatic heterocycles. The monoisotopic (exact) mass is 961 g/mol. The first kappa shape index (κ1) is 47.0. The van der Waals surface area contributed by atoms with Gasteiger partial charge in [-0.2, -0.15) is 30.2 Å². The van der Waals surface area contributed by atoms with Gasteiger partial charge in [0.15, 0.2) is 0 Å². The fraction of sp³-hybridized carbons (Fsp3) is 0.143. The summed E-state index contributed by atoms with van der Waals surface area (Å²) in [6, 6.07) is 29.2. The molecule has 0 spiro atoms. The first-order chi connectivity index (χ1) is 30.5. The summed E-state index contributed by atoms with van der Waals surface area (Å²) in [6.45, 7) is 10.2. The minimum Gasteiger partial charge on any atom is -0.575 e. The van der Waals surface area contributed by atoms with Crippen LogP contribution in [0.4, 0.5) is 34.8 Å². The maximum Gasteiger partial charge on any atom is 2.00 e. The van der Waals surface area contributed by atoms with Crippen LogP contribution in [0.2, 0.25) is 0 Å². The molecule has 0 saturated heterocycles. The Morgan fingerprint density at radius 3 is 1.17 bits per heavy atom. The smallest absolute Gasteiger partial charge is 0.575 e. The molecule has 8 rings (SSSR count). The Balaban J connectivity index is 0.000000212. The average molecular weight is 962 g/mol. The quantitative estimate of drug-likeness (QED) is 0.113. The summed E-state index contributed by atoms with van der Waals surface area (Å²) < 4.78 is 65.2. The first-order valence-electron chi connectivity index (χ1n) is 19.1. The Morgan fingerprint density at radius 2 is 0.862 bits per heavy atom. The first-order valence-corrected chi connectivity index (χ1v) is 22.1. The Kier molecular flexibility index (Phi) is 14.1. The number of benzene rings is 4. The van der Waals surface area contributed by atoms with Crippen LogP contribution in [0.5, 0.6) is 0 Å². The van der Waals surface area contributed by atoms with Crippen LogP contribution in [0.15, 0.2) is 148 Å². The van der Waals surface area contributed by atoms with Crippen molar-refractivity contribution in [3.63, 3.8) is 0 Å². The molecule has 1 radical (unpaired) electrons. The van der Waals surface area contributed by atoms with Crippen molar-refractivity contribution >= 4 is 89.5 Å². The summed E-state index contributed by atoms with van der Waals surface area (Å²) in [5.74, 6) is 0.277. The van der Waals surface area contributed by atoms with Crippen LogP contribution < -0.4 is 19.5 Å². The summed E-state index contributed by atoms with van der Waals surface area (Å²) in [5, 5.41) is 19.1. The van der Waals surface area contributed by atoms with Crippen molar-refractivity contribution < 1.29 is 52.0 Å². The van der Waals surface area contributed by atoms with Gasteiger partial charge in [-0.3, -0.25) is 9.59 Å². The zero-order valence-corrected chi connectivity index (χ0v) is 38.0. The number of nitrogens with one attached hydrogen (secondary N) is 2. The number of hydrogen-bond donors (Lipinski definition) is 2. The molecular formula is C42H38CoN12O8S2. The molecule has 6 aromatic rings. The Hall–Kier alpha value is -7.47. The second kappa shape index (κ2) is 19.5. The SMILES string of the molecule is CC1=NN(c2ccccc2)C(=O)/C1=N/[N-]c1ccc(S(=O)(=O)Nc2nc(C)c(C)o2)cc1.CC1=NN(c2ccccc2)C(=O)/C1=N\[N-]c1ccc(S(=O)(=O)Nc2nc(C)c(C)o2)cc1.[Co+2]. The summed E-state index contributed by atoms with van der Waals surface area (Å²) >= 11 is 0. The number of nitrogens with zero attached hydrogens (tertiary/aromatic N) is 10. The van der Waals surface area contributed by atoms with Gasteiger partial charge in [-0.25, -0.2) is 26.3 Å². The van der Waals surface area contributed by atoms with Crippen molar-refractivity contribution in [2.45, 2.75) is 51.3 Å². The van der Waals surface area contributed by atoms with Gasteiger partial charge in [-0.15, -0.1) is 11.4 Å². The largest absolute Gasteiger partial charge is 2.00 e. The summed E-state index contributed by atoms with van der Waals surface area (Å²) in [7, 11) is -7.77. The van der Waals surface area contributed by atoms with Crippen LogP contribution in [0, 0.1) is 27.7 Å². The van der Waals surface area contributed by atoms with Crippen molar-refractivity contribution in [3.05, 3.63) is 143 Å². The van der Waals surface area contributed by atoms with Gasteiger partial charge >= 0.3 is 28.8 Å². The number of aryl methyl sites for hydroxylation is 4. The van der Waals surface area contributed by atoms with E-state index in [1.807, 2.05) is 36.4 Å². The number of hydrogen-bond acceptors (Lipinski definition) is 14. The molecule has 0 atom stereocenters. The topological polar surface area (TPSA) is 263 Å². The van der Waals surface area contributed by atoms with E-state index in [1.165, 1.54) is 58.5 Å². The van der Waals surface area contributed by atoms with Crippen molar-refractivity contribution in [3.8, 4) is 0 Å². The van der Waals surface area contributed by atoms with E-state index in [9.17, 15) is 26.4 Å². The van der Waals surface area contributed by atoms with Crippen molar-refractivity contribution in [2.75, 3.05) is 19.5 Å². The minimum absolute atomic E-state index is 0. The van der Waals surface area contributed by atoms with Gasteiger partial charge in [0, 0.05) is 0 Å². The van der Waals surface area contributed by atoms with E-state index in [-0.39, 0.29) is 50.0 Å². The molecular weight excluding hydrogens is 924 g/mol. The summed E-state index contributed by atoms with van der Waals surface area (Å²) in [6.07, 6.45) is 0. The van der Waals surface area contributed by atoms with Gasteiger partial charge in [0.2, 0.25) is 0 Å². The number of aromatic nitrogens is 2. The molecule has 0 bridgehead atoms. The van der Waals surface area contributed by atoms with Gasteiger partial charge in [0.05, 0.1) is 44.0 Å². The predicted octanol–water partition coefficient (Wildman–Crippen LogP) is 7.75. The number of anilines is 4. The maximum atomic E-state index is 12.6. The zero-order chi connectivity index (χ0) is 45.8. The van der Waals surface area contributed by atoms with Crippen molar-refractivity contribution in [1.29, 1.82) is 0 Å². The molecule has 0 fully saturated rings. The van der Waals surface area contributed by atoms with Crippen LogP contribution >= 0.6 is 0 Å². The van der Waals surface area contributed by atoms with Gasteiger partial charge in [-0.05, 0) is 90.1 Å². The van der Waals surface area contributed by atoms with Crippen LogP contribution in [0.1, 0.15) is 36.8 Å². The van der Waals surface area contributed by atoms with Gasteiger partial charge in [-0.1, -0.05) is 60.7 Å². The zero-order valence-electron chi connectivity index (χ0n) is 35.3. The third-order valence-corrected chi connectivity index (χ3v) is 12.0.